The van der Waals surface area contributed by atoms with E-state index in [4.69, 9.17) is 10.00 Å². The number of carbonyl (C=O) groups is 1. The summed E-state index contributed by atoms with van der Waals surface area (Å²) in [6.45, 7) is 7.85. The highest BCUT2D eigenvalue weighted by Gasteiger charge is 2.22. The summed E-state index contributed by atoms with van der Waals surface area (Å²) < 4.78 is 4.93. The van der Waals surface area contributed by atoms with Crippen molar-refractivity contribution in [3.05, 3.63) is 0 Å². The van der Waals surface area contributed by atoms with E-state index >= 15 is 0 Å². The van der Waals surface area contributed by atoms with Crippen LogP contribution >= 0.6 is 0 Å². The second-order valence-electron chi connectivity index (χ2n) is 4.55. The zero-order valence-electron chi connectivity index (χ0n) is 11.9. The van der Waals surface area contributed by atoms with Gasteiger partial charge >= 0.3 is 0 Å². The number of rotatable bonds is 9. The molecule has 104 valence electrons. The highest BCUT2D eigenvalue weighted by atomic mass is 16.5. The standard InChI is InChI=1S/C13H25N3O2/c1-11(2)16(9-5-7-14)12(3)13(17)15-8-6-10-18-4/h11-12H,5-6,8-10H2,1-4H3,(H,15,17). The quantitative estimate of drug-likeness (QED) is 0.628. The molecule has 0 saturated heterocycles. The molecule has 0 aromatic rings. The zero-order valence-corrected chi connectivity index (χ0v) is 11.9. The summed E-state index contributed by atoms with van der Waals surface area (Å²) in [7, 11) is 1.65. The topological polar surface area (TPSA) is 65.4 Å². The highest BCUT2D eigenvalue weighted by molar-refractivity contribution is 5.81. The Morgan fingerprint density at radius 1 is 1.44 bits per heavy atom. The lowest BCUT2D eigenvalue weighted by atomic mass is 10.2. The molecule has 0 aliphatic carbocycles. The van der Waals surface area contributed by atoms with E-state index in [2.05, 4.69) is 11.4 Å². The average Bonchev–Trinajstić information content (AvgIpc) is 2.34. The fourth-order valence-corrected chi connectivity index (χ4v) is 1.80. The fourth-order valence-electron chi connectivity index (χ4n) is 1.80. The first-order chi connectivity index (χ1) is 8.54. The molecule has 18 heavy (non-hydrogen) atoms. The molecule has 0 aliphatic rings. The minimum Gasteiger partial charge on any atom is -0.385 e. The minimum absolute atomic E-state index is 0.0118. The Labute approximate surface area is 110 Å². The van der Waals surface area contributed by atoms with Crippen molar-refractivity contribution in [3.8, 4) is 6.07 Å². The van der Waals surface area contributed by atoms with Crippen molar-refractivity contribution >= 4 is 5.91 Å². The largest absolute Gasteiger partial charge is 0.385 e. The summed E-state index contributed by atoms with van der Waals surface area (Å²) in [5.41, 5.74) is 0. The van der Waals surface area contributed by atoms with E-state index in [0.29, 0.717) is 26.1 Å². The number of hydrogen-bond donors (Lipinski definition) is 1. The number of methoxy groups -OCH3 is 1. The number of nitrogens with zero attached hydrogens (tertiary/aromatic N) is 2. The SMILES string of the molecule is COCCCNC(=O)C(C)N(CCC#N)C(C)C. The van der Waals surface area contributed by atoms with Gasteiger partial charge in [-0.3, -0.25) is 9.69 Å². The molecule has 5 heteroatoms. The molecule has 0 saturated carbocycles. The summed E-state index contributed by atoms with van der Waals surface area (Å²) in [5.74, 6) is 0.0118. The van der Waals surface area contributed by atoms with Gasteiger partial charge in [0.1, 0.15) is 0 Å². The van der Waals surface area contributed by atoms with Gasteiger partial charge in [-0.1, -0.05) is 0 Å². The van der Waals surface area contributed by atoms with Gasteiger partial charge < -0.3 is 10.1 Å². The molecule has 0 spiro atoms. The Kier molecular flexibility index (Phi) is 9.25. The number of amides is 1. The van der Waals surface area contributed by atoms with Gasteiger partial charge in [0.2, 0.25) is 5.91 Å². The third kappa shape index (κ3) is 6.58. The third-order valence-electron chi connectivity index (χ3n) is 2.85. The number of ether oxygens (including phenoxy) is 1. The number of nitrogens with one attached hydrogen (secondary N) is 1. The molecule has 0 aromatic carbocycles. The van der Waals surface area contributed by atoms with Crippen LogP contribution < -0.4 is 5.32 Å². The molecular formula is C13H25N3O2. The van der Waals surface area contributed by atoms with Crippen LogP contribution in [0.25, 0.3) is 0 Å². The van der Waals surface area contributed by atoms with Crippen LogP contribution in [-0.4, -0.2) is 49.7 Å². The van der Waals surface area contributed by atoms with Gasteiger partial charge in [-0.05, 0) is 27.2 Å². The smallest absolute Gasteiger partial charge is 0.237 e. The van der Waals surface area contributed by atoms with Gasteiger partial charge in [-0.15, -0.1) is 0 Å². The van der Waals surface area contributed by atoms with Crippen molar-refractivity contribution in [1.29, 1.82) is 5.26 Å². The molecule has 1 N–H and O–H groups in total. The van der Waals surface area contributed by atoms with Gasteiger partial charge in [0.25, 0.3) is 0 Å². The second kappa shape index (κ2) is 9.86. The predicted molar refractivity (Wildman–Crippen MR) is 71.0 cm³/mol. The molecule has 0 fully saturated rings. The van der Waals surface area contributed by atoms with E-state index in [0.717, 1.165) is 6.42 Å². The first kappa shape index (κ1) is 16.9. The lowest BCUT2D eigenvalue weighted by Gasteiger charge is -2.31. The minimum atomic E-state index is -0.208. The molecule has 0 aliphatic heterocycles. The van der Waals surface area contributed by atoms with E-state index in [-0.39, 0.29) is 18.0 Å². The molecule has 0 bridgehead atoms. The van der Waals surface area contributed by atoms with Crippen LogP contribution in [-0.2, 0) is 9.53 Å². The first-order valence-corrected chi connectivity index (χ1v) is 6.44. The van der Waals surface area contributed by atoms with Crippen LogP contribution in [0.5, 0.6) is 0 Å². The van der Waals surface area contributed by atoms with Crippen molar-refractivity contribution in [2.45, 2.75) is 45.7 Å². The monoisotopic (exact) mass is 255 g/mol. The maximum atomic E-state index is 11.9. The van der Waals surface area contributed by atoms with Crippen molar-refractivity contribution in [2.24, 2.45) is 0 Å². The van der Waals surface area contributed by atoms with E-state index in [1.54, 1.807) is 7.11 Å². The van der Waals surface area contributed by atoms with Crippen LogP contribution in [0.3, 0.4) is 0 Å². The molecule has 0 heterocycles. The van der Waals surface area contributed by atoms with Gasteiger partial charge in [-0.25, -0.2) is 0 Å². The fraction of sp³-hybridized carbons (Fsp3) is 0.846. The van der Waals surface area contributed by atoms with Gasteiger partial charge in [0, 0.05) is 39.3 Å². The maximum absolute atomic E-state index is 11.9. The molecule has 1 amide bonds. The van der Waals surface area contributed by atoms with Gasteiger partial charge in [-0.2, -0.15) is 5.26 Å². The molecule has 1 unspecified atom stereocenters. The highest BCUT2D eigenvalue weighted by Crippen LogP contribution is 2.06. The number of hydrogen-bond acceptors (Lipinski definition) is 4. The summed E-state index contributed by atoms with van der Waals surface area (Å²) >= 11 is 0. The Morgan fingerprint density at radius 2 is 2.11 bits per heavy atom. The zero-order chi connectivity index (χ0) is 14.0. The molecule has 0 aromatic heterocycles. The molecule has 1 atom stereocenters. The van der Waals surface area contributed by atoms with Crippen LogP contribution in [0.4, 0.5) is 0 Å². The van der Waals surface area contributed by atoms with E-state index in [1.807, 2.05) is 25.7 Å². The van der Waals surface area contributed by atoms with Crippen molar-refractivity contribution in [3.63, 3.8) is 0 Å². The van der Waals surface area contributed by atoms with Crippen molar-refractivity contribution in [1.82, 2.24) is 10.2 Å². The number of nitriles is 1. The average molecular weight is 255 g/mol. The molecular weight excluding hydrogens is 230 g/mol. The van der Waals surface area contributed by atoms with Crippen LogP contribution in [0.1, 0.15) is 33.6 Å². The van der Waals surface area contributed by atoms with Gasteiger partial charge in [0.15, 0.2) is 0 Å². The second-order valence-corrected chi connectivity index (χ2v) is 4.55. The molecule has 0 rings (SSSR count). The van der Waals surface area contributed by atoms with E-state index in [9.17, 15) is 4.79 Å². The van der Waals surface area contributed by atoms with Gasteiger partial charge in [0.05, 0.1) is 12.1 Å². The van der Waals surface area contributed by atoms with Crippen molar-refractivity contribution in [2.75, 3.05) is 26.8 Å². The Balaban J connectivity index is 4.17. The van der Waals surface area contributed by atoms with E-state index in [1.165, 1.54) is 0 Å². The normalized spacial score (nSPS) is 12.5. The van der Waals surface area contributed by atoms with Crippen molar-refractivity contribution < 1.29 is 9.53 Å². The third-order valence-corrected chi connectivity index (χ3v) is 2.85. The van der Waals surface area contributed by atoms with Crippen LogP contribution in [0, 0.1) is 11.3 Å². The maximum Gasteiger partial charge on any atom is 0.237 e. The lowest BCUT2D eigenvalue weighted by Crippen LogP contribution is -2.48. The van der Waals surface area contributed by atoms with Crippen LogP contribution in [0.2, 0.25) is 0 Å². The first-order valence-electron chi connectivity index (χ1n) is 6.44. The summed E-state index contributed by atoms with van der Waals surface area (Å²) in [5, 5.41) is 11.5. The molecule has 0 radical (unpaired) electrons. The Morgan fingerprint density at radius 3 is 2.61 bits per heavy atom. The summed E-state index contributed by atoms with van der Waals surface area (Å²) in [6.07, 6.45) is 1.26. The predicted octanol–water partition coefficient (Wildman–Crippen LogP) is 1.15. The Bertz CT molecular complexity index is 274. The summed E-state index contributed by atoms with van der Waals surface area (Å²) in [4.78, 5) is 14.0. The molecule has 5 nitrogen and oxygen atoms in total. The summed E-state index contributed by atoms with van der Waals surface area (Å²) in [6, 6.07) is 2.16. The van der Waals surface area contributed by atoms with Crippen LogP contribution in [0.15, 0.2) is 0 Å². The number of carbonyl (C=O) groups excluding carboxylic acids is 1. The van der Waals surface area contributed by atoms with E-state index < -0.39 is 0 Å². The lowest BCUT2D eigenvalue weighted by molar-refractivity contribution is -0.126. The Hall–Kier alpha value is -1.12.